The van der Waals surface area contributed by atoms with E-state index < -0.39 is 0 Å². The molecule has 0 atom stereocenters. The Balaban J connectivity index is 1.48. The highest BCUT2D eigenvalue weighted by Crippen LogP contribution is 2.27. The number of amides is 1. The van der Waals surface area contributed by atoms with Crippen molar-refractivity contribution in [2.75, 3.05) is 13.7 Å². The summed E-state index contributed by atoms with van der Waals surface area (Å²) in [5.74, 6) is 1.29. The van der Waals surface area contributed by atoms with Crippen LogP contribution in [0.4, 0.5) is 0 Å². The third kappa shape index (κ3) is 6.01. The van der Waals surface area contributed by atoms with Crippen LogP contribution in [0.25, 0.3) is 0 Å². The van der Waals surface area contributed by atoms with Gasteiger partial charge in [0, 0.05) is 12.6 Å². The van der Waals surface area contributed by atoms with Crippen LogP contribution < -0.4 is 19.5 Å². The summed E-state index contributed by atoms with van der Waals surface area (Å²) in [6, 6.07) is 24.3. The number of hydrogen-bond donors (Lipinski definition) is 1. The summed E-state index contributed by atoms with van der Waals surface area (Å²) in [5, 5.41) is 11.8. The minimum atomic E-state index is -0.267. The van der Waals surface area contributed by atoms with Gasteiger partial charge in [-0.15, -0.1) is 0 Å². The second kappa shape index (κ2) is 10.5. The van der Waals surface area contributed by atoms with Crippen LogP contribution in [0, 0.1) is 11.3 Å². The van der Waals surface area contributed by atoms with Gasteiger partial charge in [-0.2, -0.15) is 5.26 Å². The zero-order valence-electron chi connectivity index (χ0n) is 16.6. The number of nitriles is 1. The molecule has 0 aliphatic rings. The monoisotopic (exact) mass is 402 g/mol. The van der Waals surface area contributed by atoms with Gasteiger partial charge >= 0.3 is 0 Å². The molecule has 1 amide bonds. The Labute approximate surface area is 175 Å². The highest BCUT2D eigenvalue weighted by Gasteiger charge is 2.09. The van der Waals surface area contributed by atoms with E-state index in [-0.39, 0.29) is 12.5 Å². The van der Waals surface area contributed by atoms with E-state index in [1.54, 1.807) is 18.2 Å². The number of carbonyl (C=O) groups is 1. The lowest BCUT2D eigenvalue weighted by Crippen LogP contribution is -2.28. The average Bonchev–Trinajstić information content (AvgIpc) is 2.81. The predicted molar refractivity (Wildman–Crippen MR) is 112 cm³/mol. The molecule has 0 aliphatic heterocycles. The van der Waals surface area contributed by atoms with E-state index in [0.717, 1.165) is 16.9 Å². The van der Waals surface area contributed by atoms with Crippen molar-refractivity contribution in [2.24, 2.45) is 0 Å². The topological polar surface area (TPSA) is 80.6 Å². The van der Waals surface area contributed by atoms with E-state index >= 15 is 0 Å². The Morgan fingerprint density at radius 3 is 2.50 bits per heavy atom. The van der Waals surface area contributed by atoms with Crippen LogP contribution in [0.1, 0.15) is 16.7 Å². The van der Waals surface area contributed by atoms with Gasteiger partial charge in [0.1, 0.15) is 12.4 Å². The first-order chi connectivity index (χ1) is 14.7. The Kier molecular flexibility index (Phi) is 7.28. The summed E-state index contributed by atoms with van der Waals surface area (Å²) in [5.41, 5.74) is 2.47. The molecule has 0 fully saturated rings. The van der Waals surface area contributed by atoms with Crippen molar-refractivity contribution in [2.45, 2.75) is 13.2 Å². The molecule has 6 heteroatoms. The SMILES string of the molecule is COc1cc(C#N)ccc1OCC(=O)NCc1cccc(OCc2ccccc2)c1. The van der Waals surface area contributed by atoms with Crippen molar-refractivity contribution < 1.29 is 19.0 Å². The minimum absolute atomic E-state index is 0.160. The van der Waals surface area contributed by atoms with Crippen LogP contribution in [0.3, 0.4) is 0 Å². The molecule has 6 nitrogen and oxygen atoms in total. The number of hydrogen-bond acceptors (Lipinski definition) is 5. The Hall–Kier alpha value is -3.98. The van der Waals surface area contributed by atoms with Crippen molar-refractivity contribution in [1.29, 1.82) is 5.26 Å². The molecule has 3 aromatic carbocycles. The number of carbonyl (C=O) groups excluding carboxylic acids is 1. The second-order valence-electron chi connectivity index (χ2n) is 6.46. The lowest BCUT2D eigenvalue weighted by molar-refractivity contribution is -0.123. The van der Waals surface area contributed by atoms with E-state index in [4.69, 9.17) is 19.5 Å². The van der Waals surface area contributed by atoms with Gasteiger partial charge in [0.15, 0.2) is 18.1 Å². The highest BCUT2D eigenvalue weighted by atomic mass is 16.5. The molecular weight excluding hydrogens is 380 g/mol. The van der Waals surface area contributed by atoms with E-state index in [1.807, 2.05) is 60.7 Å². The molecular formula is C24H22N2O4. The number of ether oxygens (including phenoxy) is 3. The van der Waals surface area contributed by atoms with Crippen molar-refractivity contribution in [3.8, 4) is 23.3 Å². The molecule has 3 rings (SSSR count). The largest absolute Gasteiger partial charge is 0.493 e. The van der Waals surface area contributed by atoms with Crippen LogP contribution in [-0.4, -0.2) is 19.6 Å². The summed E-state index contributed by atoms with van der Waals surface area (Å²) in [6.07, 6.45) is 0. The number of methoxy groups -OCH3 is 1. The van der Waals surface area contributed by atoms with Crippen molar-refractivity contribution in [3.05, 3.63) is 89.5 Å². The molecule has 152 valence electrons. The fraction of sp³-hybridized carbons (Fsp3) is 0.167. The van der Waals surface area contributed by atoms with Gasteiger partial charge in [-0.3, -0.25) is 4.79 Å². The first-order valence-corrected chi connectivity index (χ1v) is 9.41. The van der Waals surface area contributed by atoms with Gasteiger partial charge in [-0.25, -0.2) is 0 Å². The van der Waals surface area contributed by atoms with Gasteiger partial charge in [0.25, 0.3) is 5.91 Å². The fourth-order valence-electron chi connectivity index (χ4n) is 2.74. The molecule has 0 aromatic heterocycles. The lowest BCUT2D eigenvalue weighted by Gasteiger charge is -2.12. The molecule has 0 bridgehead atoms. The van der Waals surface area contributed by atoms with Gasteiger partial charge in [-0.05, 0) is 35.4 Å². The van der Waals surface area contributed by atoms with E-state index in [2.05, 4.69) is 5.32 Å². The second-order valence-corrected chi connectivity index (χ2v) is 6.46. The van der Waals surface area contributed by atoms with Gasteiger partial charge in [-0.1, -0.05) is 42.5 Å². The van der Waals surface area contributed by atoms with Crippen LogP contribution in [0.15, 0.2) is 72.8 Å². The summed E-state index contributed by atoms with van der Waals surface area (Å²) in [7, 11) is 1.48. The smallest absolute Gasteiger partial charge is 0.258 e. The maximum Gasteiger partial charge on any atom is 0.258 e. The predicted octanol–water partition coefficient (Wildman–Crippen LogP) is 3.84. The standard InChI is InChI=1S/C24H22N2O4/c1-28-23-13-19(14-25)10-11-22(23)30-17-24(27)26-15-20-8-5-9-21(12-20)29-16-18-6-3-2-4-7-18/h2-13H,15-17H2,1H3,(H,26,27). The zero-order chi connectivity index (χ0) is 21.2. The number of benzene rings is 3. The third-order valence-electron chi connectivity index (χ3n) is 4.29. The van der Waals surface area contributed by atoms with E-state index in [9.17, 15) is 4.79 Å². The summed E-state index contributed by atoms with van der Waals surface area (Å²) in [4.78, 5) is 12.1. The maximum absolute atomic E-state index is 12.1. The number of nitrogens with zero attached hydrogens (tertiary/aromatic N) is 1. The first-order valence-electron chi connectivity index (χ1n) is 9.41. The molecule has 0 spiro atoms. The average molecular weight is 402 g/mol. The molecule has 0 radical (unpaired) electrons. The minimum Gasteiger partial charge on any atom is -0.493 e. The molecule has 3 aromatic rings. The lowest BCUT2D eigenvalue weighted by atomic mass is 10.2. The van der Waals surface area contributed by atoms with Crippen LogP contribution in [0.5, 0.6) is 17.2 Å². The van der Waals surface area contributed by atoms with Crippen molar-refractivity contribution in [1.82, 2.24) is 5.32 Å². The molecule has 0 unspecified atom stereocenters. The van der Waals surface area contributed by atoms with Crippen LogP contribution >= 0.6 is 0 Å². The number of nitrogens with one attached hydrogen (secondary N) is 1. The number of rotatable bonds is 9. The molecule has 30 heavy (non-hydrogen) atoms. The van der Waals surface area contributed by atoms with Crippen LogP contribution in [0.2, 0.25) is 0 Å². The zero-order valence-corrected chi connectivity index (χ0v) is 16.6. The van der Waals surface area contributed by atoms with E-state index in [0.29, 0.717) is 30.2 Å². The van der Waals surface area contributed by atoms with Gasteiger partial charge in [0.05, 0.1) is 18.7 Å². The normalized spacial score (nSPS) is 10.0. The van der Waals surface area contributed by atoms with Crippen LogP contribution in [-0.2, 0) is 17.9 Å². The quantitative estimate of drug-likeness (QED) is 0.588. The molecule has 1 N–H and O–H groups in total. The Morgan fingerprint density at radius 2 is 1.73 bits per heavy atom. The Bertz CT molecular complexity index is 1030. The van der Waals surface area contributed by atoms with Crippen molar-refractivity contribution in [3.63, 3.8) is 0 Å². The molecule has 0 saturated carbocycles. The molecule has 0 saturated heterocycles. The first kappa shape index (κ1) is 20.7. The summed E-state index contributed by atoms with van der Waals surface area (Å²) < 4.78 is 16.5. The third-order valence-corrected chi connectivity index (χ3v) is 4.29. The molecule has 0 heterocycles. The van der Waals surface area contributed by atoms with Crippen molar-refractivity contribution >= 4 is 5.91 Å². The molecule has 0 aliphatic carbocycles. The highest BCUT2D eigenvalue weighted by molar-refractivity contribution is 5.77. The summed E-state index contributed by atoms with van der Waals surface area (Å²) in [6.45, 7) is 0.679. The summed E-state index contributed by atoms with van der Waals surface area (Å²) >= 11 is 0. The maximum atomic E-state index is 12.1. The van der Waals surface area contributed by atoms with E-state index in [1.165, 1.54) is 7.11 Å². The van der Waals surface area contributed by atoms with Gasteiger partial charge < -0.3 is 19.5 Å². The fourth-order valence-corrected chi connectivity index (χ4v) is 2.74. The van der Waals surface area contributed by atoms with Gasteiger partial charge in [0.2, 0.25) is 0 Å². The Morgan fingerprint density at radius 1 is 0.933 bits per heavy atom.